The van der Waals surface area contributed by atoms with Gasteiger partial charge in [0.25, 0.3) is 0 Å². The zero-order chi connectivity index (χ0) is 14.4. The molecule has 0 aliphatic rings. The van der Waals surface area contributed by atoms with E-state index in [9.17, 15) is 0 Å². The summed E-state index contributed by atoms with van der Waals surface area (Å²) < 4.78 is 12.3. The Balaban J connectivity index is 1.86. The Kier molecular flexibility index (Phi) is 5.01. The molecule has 0 spiro atoms. The quantitative estimate of drug-likeness (QED) is 0.788. The number of benzene rings is 1. The van der Waals surface area contributed by atoms with Gasteiger partial charge in [-0.3, -0.25) is 4.68 Å². The number of anilines is 1. The van der Waals surface area contributed by atoms with Crippen molar-refractivity contribution in [2.45, 2.75) is 13.5 Å². The summed E-state index contributed by atoms with van der Waals surface area (Å²) in [6.07, 6.45) is 2.03. The van der Waals surface area contributed by atoms with Crippen molar-refractivity contribution < 1.29 is 9.47 Å². The van der Waals surface area contributed by atoms with Crippen LogP contribution in [0.25, 0.3) is 0 Å². The van der Waals surface area contributed by atoms with Crippen molar-refractivity contribution in [3.05, 3.63) is 41.7 Å². The molecule has 1 heterocycles. The minimum absolute atomic E-state index is 0.568. The van der Waals surface area contributed by atoms with E-state index in [1.54, 1.807) is 7.11 Å². The molecule has 1 aromatic carbocycles. The molecule has 1 aromatic heterocycles. The van der Waals surface area contributed by atoms with Crippen molar-refractivity contribution >= 4 is 5.69 Å². The predicted molar refractivity (Wildman–Crippen MR) is 79.1 cm³/mol. The standard InChI is InChI=1S/C15H21N3O2/c1-12-13(11-18(2)17-12)10-16-14-4-6-15(7-5-14)20-9-8-19-3/h4-7,11,16H,8-10H2,1-3H3. The lowest BCUT2D eigenvalue weighted by atomic mass is 10.2. The maximum atomic E-state index is 5.52. The summed E-state index contributed by atoms with van der Waals surface area (Å²) in [7, 11) is 3.60. The van der Waals surface area contributed by atoms with Crippen LogP contribution in [0.5, 0.6) is 5.75 Å². The second-order valence-corrected chi connectivity index (χ2v) is 4.63. The Labute approximate surface area is 119 Å². The SMILES string of the molecule is COCCOc1ccc(NCc2cn(C)nc2C)cc1. The molecular formula is C15H21N3O2. The fourth-order valence-corrected chi connectivity index (χ4v) is 1.93. The van der Waals surface area contributed by atoms with Crippen molar-refractivity contribution in [1.29, 1.82) is 0 Å². The highest BCUT2D eigenvalue weighted by Gasteiger charge is 2.02. The molecule has 0 aliphatic carbocycles. The third-order valence-corrected chi connectivity index (χ3v) is 3.01. The third kappa shape index (κ3) is 3.99. The van der Waals surface area contributed by atoms with Crippen LogP contribution >= 0.6 is 0 Å². The monoisotopic (exact) mass is 275 g/mol. The van der Waals surface area contributed by atoms with Crippen LogP contribution in [0.3, 0.4) is 0 Å². The van der Waals surface area contributed by atoms with Crippen molar-refractivity contribution in [2.75, 3.05) is 25.6 Å². The molecule has 0 amide bonds. The third-order valence-electron chi connectivity index (χ3n) is 3.01. The van der Waals surface area contributed by atoms with Crippen molar-refractivity contribution in [3.63, 3.8) is 0 Å². The zero-order valence-corrected chi connectivity index (χ0v) is 12.2. The van der Waals surface area contributed by atoms with Gasteiger partial charge in [-0.2, -0.15) is 5.10 Å². The Morgan fingerprint density at radius 2 is 1.95 bits per heavy atom. The number of nitrogens with one attached hydrogen (secondary N) is 1. The van der Waals surface area contributed by atoms with E-state index < -0.39 is 0 Å². The molecule has 2 rings (SSSR count). The van der Waals surface area contributed by atoms with Gasteiger partial charge in [0, 0.05) is 38.1 Å². The van der Waals surface area contributed by atoms with Gasteiger partial charge in [-0.1, -0.05) is 0 Å². The smallest absolute Gasteiger partial charge is 0.119 e. The summed E-state index contributed by atoms with van der Waals surface area (Å²) >= 11 is 0. The topological polar surface area (TPSA) is 48.3 Å². The van der Waals surface area contributed by atoms with E-state index in [4.69, 9.17) is 9.47 Å². The van der Waals surface area contributed by atoms with Crippen LogP contribution in [0.15, 0.2) is 30.5 Å². The molecule has 5 heteroatoms. The Morgan fingerprint density at radius 3 is 2.55 bits per heavy atom. The molecule has 108 valence electrons. The van der Waals surface area contributed by atoms with Crippen LogP contribution in [0.4, 0.5) is 5.69 Å². The Morgan fingerprint density at radius 1 is 1.20 bits per heavy atom. The van der Waals surface area contributed by atoms with Gasteiger partial charge in [0.1, 0.15) is 12.4 Å². The molecule has 0 aliphatic heterocycles. The molecular weight excluding hydrogens is 254 g/mol. The van der Waals surface area contributed by atoms with Crippen LogP contribution in [0.1, 0.15) is 11.3 Å². The Hall–Kier alpha value is -2.01. The summed E-state index contributed by atoms with van der Waals surface area (Å²) in [5.41, 5.74) is 3.32. The first kappa shape index (κ1) is 14.4. The van der Waals surface area contributed by atoms with Crippen molar-refractivity contribution in [3.8, 4) is 5.75 Å². The average Bonchev–Trinajstić information content (AvgIpc) is 2.76. The number of hydrogen-bond donors (Lipinski definition) is 1. The van der Waals surface area contributed by atoms with Crippen LogP contribution in [-0.4, -0.2) is 30.1 Å². The van der Waals surface area contributed by atoms with Gasteiger partial charge in [-0.15, -0.1) is 0 Å². The van der Waals surface area contributed by atoms with E-state index >= 15 is 0 Å². The lowest BCUT2D eigenvalue weighted by Gasteiger charge is -2.08. The van der Waals surface area contributed by atoms with Crippen molar-refractivity contribution in [2.24, 2.45) is 7.05 Å². The summed E-state index contributed by atoms with van der Waals surface area (Å²) in [5, 5.41) is 7.70. The number of methoxy groups -OCH3 is 1. The number of nitrogens with zero attached hydrogens (tertiary/aromatic N) is 2. The Bertz CT molecular complexity index is 535. The predicted octanol–water partition coefficient (Wildman–Crippen LogP) is 2.37. The number of rotatable bonds is 7. The fourth-order valence-electron chi connectivity index (χ4n) is 1.93. The van der Waals surface area contributed by atoms with Gasteiger partial charge < -0.3 is 14.8 Å². The van der Waals surface area contributed by atoms with Gasteiger partial charge in [0.05, 0.1) is 12.3 Å². The van der Waals surface area contributed by atoms with E-state index in [2.05, 4.69) is 10.4 Å². The lowest BCUT2D eigenvalue weighted by molar-refractivity contribution is 0.146. The number of ether oxygens (including phenoxy) is 2. The first-order valence-electron chi connectivity index (χ1n) is 6.64. The molecule has 0 unspecified atom stereocenters. The largest absolute Gasteiger partial charge is 0.491 e. The summed E-state index contributed by atoms with van der Waals surface area (Å²) in [4.78, 5) is 0. The first-order valence-corrected chi connectivity index (χ1v) is 6.64. The maximum absolute atomic E-state index is 5.52. The molecule has 0 fully saturated rings. The van der Waals surface area contributed by atoms with E-state index in [-0.39, 0.29) is 0 Å². The van der Waals surface area contributed by atoms with Crippen LogP contribution in [-0.2, 0) is 18.3 Å². The highest BCUT2D eigenvalue weighted by atomic mass is 16.5. The normalized spacial score (nSPS) is 10.6. The summed E-state index contributed by atoms with van der Waals surface area (Å²) in [5.74, 6) is 0.852. The molecule has 0 saturated heterocycles. The second-order valence-electron chi connectivity index (χ2n) is 4.63. The van der Waals surface area contributed by atoms with Gasteiger partial charge >= 0.3 is 0 Å². The highest BCUT2D eigenvalue weighted by Crippen LogP contribution is 2.17. The molecule has 5 nitrogen and oxygen atoms in total. The van der Waals surface area contributed by atoms with E-state index in [0.29, 0.717) is 13.2 Å². The van der Waals surface area contributed by atoms with Gasteiger partial charge in [0.15, 0.2) is 0 Å². The number of hydrogen-bond acceptors (Lipinski definition) is 4. The summed E-state index contributed by atoms with van der Waals surface area (Å²) in [6, 6.07) is 7.92. The first-order chi connectivity index (χ1) is 9.69. The summed E-state index contributed by atoms with van der Waals surface area (Å²) in [6.45, 7) is 3.95. The van der Waals surface area contributed by atoms with Crippen LogP contribution in [0.2, 0.25) is 0 Å². The van der Waals surface area contributed by atoms with E-state index in [1.165, 1.54) is 5.56 Å². The van der Waals surface area contributed by atoms with E-state index in [0.717, 1.165) is 23.7 Å². The number of aryl methyl sites for hydroxylation is 2. The molecule has 0 atom stereocenters. The van der Waals surface area contributed by atoms with Crippen LogP contribution < -0.4 is 10.1 Å². The van der Waals surface area contributed by atoms with Gasteiger partial charge in [0.2, 0.25) is 0 Å². The maximum Gasteiger partial charge on any atom is 0.119 e. The minimum atomic E-state index is 0.568. The molecule has 20 heavy (non-hydrogen) atoms. The molecule has 0 bridgehead atoms. The average molecular weight is 275 g/mol. The molecule has 2 aromatic rings. The van der Waals surface area contributed by atoms with Gasteiger partial charge in [-0.05, 0) is 31.2 Å². The fraction of sp³-hybridized carbons (Fsp3) is 0.400. The van der Waals surface area contributed by atoms with E-state index in [1.807, 2.05) is 49.1 Å². The molecule has 0 saturated carbocycles. The van der Waals surface area contributed by atoms with Crippen molar-refractivity contribution in [1.82, 2.24) is 9.78 Å². The number of aromatic nitrogens is 2. The second kappa shape index (κ2) is 6.96. The molecule has 1 N–H and O–H groups in total. The zero-order valence-electron chi connectivity index (χ0n) is 12.2. The highest BCUT2D eigenvalue weighted by molar-refractivity contribution is 5.46. The lowest BCUT2D eigenvalue weighted by Crippen LogP contribution is -2.04. The van der Waals surface area contributed by atoms with Gasteiger partial charge in [-0.25, -0.2) is 0 Å². The molecule has 0 radical (unpaired) electrons. The minimum Gasteiger partial charge on any atom is -0.491 e. The van der Waals surface area contributed by atoms with Crippen LogP contribution in [0, 0.1) is 6.92 Å².